The Morgan fingerprint density at radius 3 is 2.94 bits per heavy atom. The predicted octanol–water partition coefficient (Wildman–Crippen LogP) is 3.48. The highest BCUT2D eigenvalue weighted by molar-refractivity contribution is 5.56. The first-order valence-electron chi connectivity index (χ1n) is 6.17. The molecule has 0 saturated carbocycles. The van der Waals surface area contributed by atoms with Crippen LogP contribution in [0.2, 0.25) is 0 Å². The first kappa shape index (κ1) is 10.5. The van der Waals surface area contributed by atoms with Gasteiger partial charge in [0.2, 0.25) is 11.8 Å². The molecule has 0 unspecified atom stereocenters. The van der Waals surface area contributed by atoms with Crippen molar-refractivity contribution < 1.29 is 4.42 Å². The molecule has 3 heteroatoms. The Bertz CT molecular complexity index is 545. The van der Waals surface area contributed by atoms with Crippen LogP contribution in [0.25, 0.3) is 11.5 Å². The maximum absolute atomic E-state index is 5.47. The van der Waals surface area contributed by atoms with Crippen LogP contribution in [-0.2, 0) is 6.42 Å². The molecule has 0 aliphatic heterocycles. The zero-order chi connectivity index (χ0) is 11.8. The number of benzene rings is 1. The van der Waals surface area contributed by atoms with E-state index in [1.807, 2.05) is 6.92 Å². The zero-order valence-corrected chi connectivity index (χ0v) is 10.2. The average molecular weight is 228 g/mol. The topological polar surface area (TPSA) is 38.9 Å². The number of aromatic nitrogens is 2. The molecule has 88 valence electrons. The monoisotopic (exact) mass is 228 g/mol. The van der Waals surface area contributed by atoms with Gasteiger partial charge in [0.1, 0.15) is 0 Å². The Labute approximate surface area is 101 Å². The fraction of sp³-hybridized carbons (Fsp3) is 0.429. The number of hydrogen-bond acceptors (Lipinski definition) is 3. The third kappa shape index (κ3) is 1.86. The van der Waals surface area contributed by atoms with Crippen molar-refractivity contribution in [2.24, 2.45) is 0 Å². The fourth-order valence-corrected chi connectivity index (χ4v) is 2.58. The summed E-state index contributed by atoms with van der Waals surface area (Å²) in [5, 5.41) is 7.95. The van der Waals surface area contributed by atoms with Crippen LogP contribution in [0, 0.1) is 6.92 Å². The van der Waals surface area contributed by atoms with Gasteiger partial charge in [-0.25, -0.2) is 0 Å². The van der Waals surface area contributed by atoms with Crippen LogP contribution >= 0.6 is 0 Å². The standard InChI is InChI=1S/C14H16N2O/c1-9-4-3-5-11-6-7-12(8-13(9)11)14-16-15-10(2)17-14/h6-9H,3-5H2,1-2H3/t9-/m0/s1. The fourth-order valence-electron chi connectivity index (χ4n) is 2.58. The third-order valence-electron chi connectivity index (χ3n) is 3.53. The summed E-state index contributed by atoms with van der Waals surface area (Å²) < 4.78 is 5.47. The molecule has 3 nitrogen and oxygen atoms in total. The predicted molar refractivity (Wildman–Crippen MR) is 65.8 cm³/mol. The first-order valence-corrected chi connectivity index (χ1v) is 6.17. The molecule has 0 fully saturated rings. The van der Waals surface area contributed by atoms with Gasteiger partial charge >= 0.3 is 0 Å². The Morgan fingerprint density at radius 2 is 2.18 bits per heavy atom. The SMILES string of the molecule is Cc1nnc(-c2ccc3c(c2)[C@@H](C)CCC3)o1. The normalized spacial score (nSPS) is 19.1. The summed E-state index contributed by atoms with van der Waals surface area (Å²) in [4.78, 5) is 0. The highest BCUT2D eigenvalue weighted by atomic mass is 16.4. The lowest BCUT2D eigenvalue weighted by Gasteiger charge is -2.22. The van der Waals surface area contributed by atoms with Crippen molar-refractivity contribution in [2.45, 2.75) is 39.0 Å². The molecule has 0 bridgehead atoms. The number of nitrogens with zero attached hydrogens (tertiary/aromatic N) is 2. The van der Waals surface area contributed by atoms with Gasteiger partial charge in [0.15, 0.2) is 0 Å². The van der Waals surface area contributed by atoms with Crippen molar-refractivity contribution in [1.29, 1.82) is 0 Å². The minimum Gasteiger partial charge on any atom is -0.421 e. The number of fused-ring (bicyclic) bond motifs is 1. The lowest BCUT2D eigenvalue weighted by molar-refractivity contribution is 0.532. The summed E-state index contributed by atoms with van der Waals surface area (Å²) in [5.74, 6) is 1.89. The summed E-state index contributed by atoms with van der Waals surface area (Å²) in [6.45, 7) is 4.11. The summed E-state index contributed by atoms with van der Waals surface area (Å²) in [7, 11) is 0. The molecule has 0 saturated heterocycles. The van der Waals surface area contributed by atoms with E-state index in [0.29, 0.717) is 17.7 Å². The quantitative estimate of drug-likeness (QED) is 0.750. The van der Waals surface area contributed by atoms with Crippen molar-refractivity contribution in [3.8, 4) is 11.5 Å². The Hall–Kier alpha value is -1.64. The molecule has 0 N–H and O–H groups in total. The summed E-state index contributed by atoms with van der Waals surface area (Å²) >= 11 is 0. The van der Waals surface area contributed by atoms with Gasteiger partial charge in [-0.3, -0.25) is 0 Å². The lowest BCUT2D eigenvalue weighted by atomic mass is 9.83. The molecule has 2 aromatic rings. The summed E-state index contributed by atoms with van der Waals surface area (Å²) in [6, 6.07) is 6.51. The molecule has 0 amide bonds. The van der Waals surface area contributed by atoms with E-state index in [2.05, 4.69) is 35.3 Å². The van der Waals surface area contributed by atoms with Crippen LogP contribution < -0.4 is 0 Å². The Morgan fingerprint density at radius 1 is 1.29 bits per heavy atom. The van der Waals surface area contributed by atoms with Gasteiger partial charge in [0.05, 0.1) is 0 Å². The van der Waals surface area contributed by atoms with Gasteiger partial charge in [0.25, 0.3) is 0 Å². The first-order chi connectivity index (χ1) is 8.24. The van der Waals surface area contributed by atoms with Crippen LogP contribution in [0.5, 0.6) is 0 Å². The molecular formula is C14H16N2O. The molecule has 0 spiro atoms. The van der Waals surface area contributed by atoms with Gasteiger partial charge in [-0.05, 0) is 48.4 Å². The second-order valence-electron chi connectivity index (χ2n) is 4.83. The van der Waals surface area contributed by atoms with Crippen LogP contribution in [-0.4, -0.2) is 10.2 Å². The minimum absolute atomic E-state index is 0.616. The van der Waals surface area contributed by atoms with Crippen molar-refractivity contribution in [3.05, 3.63) is 35.2 Å². The van der Waals surface area contributed by atoms with E-state index >= 15 is 0 Å². The lowest BCUT2D eigenvalue weighted by Crippen LogP contribution is -2.06. The highest BCUT2D eigenvalue weighted by Crippen LogP contribution is 2.33. The van der Waals surface area contributed by atoms with E-state index in [1.54, 1.807) is 0 Å². The van der Waals surface area contributed by atoms with E-state index in [4.69, 9.17) is 4.42 Å². The Balaban J connectivity index is 2.05. The van der Waals surface area contributed by atoms with E-state index in [0.717, 1.165) is 5.56 Å². The summed E-state index contributed by atoms with van der Waals surface area (Å²) in [5.41, 5.74) is 3.96. The van der Waals surface area contributed by atoms with E-state index in [9.17, 15) is 0 Å². The summed E-state index contributed by atoms with van der Waals surface area (Å²) in [6.07, 6.45) is 3.77. The largest absolute Gasteiger partial charge is 0.421 e. The Kier molecular flexibility index (Phi) is 2.46. The number of aryl methyl sites for hydroxylation is 2. The minimum atomic E-state index is 0.616. The smallest absolute Gasteiger partial charge is 0.247 e. The van der Waals surface area contributed by atoms with Gasteiger partial charge in [-0.2, -0.15) is 0 Å². The van der Waals surface area contributed by atoms with Crippen molar-refractivity contribution in [1.82, 2.24) is 10.2 Å². The van der Waals surface area contributed by atoms with Gasteiger partial charge in [0, 0.05) is 12.5 Å². The van der Waals surface area contributed by atoms with Crippen LogP contribution in [0.1, 0.15) is 42.7 Å². The van der Waals surface area contributed by atoms with Crippen LogP contribution in [0.4, 0.5) is 0 Å². The molecule has 17 heavy (non-hydrogen) atoms. The van der Waals surface area contributed by atoms with E-state index < -0.39 is 0 Å². The van der Waals surface area contributed by atoms with Crippen molar-refractivity contribution in [3.63, 3.8) is 0 Å². The van der Waals surface area contributed by atoms with Gasteiger partial charge in [-0.1, -0.05) is 13.0 Å². The molecule has 3 rings (SSSR count). The van der Waals surface area contributed by atoms with Crippen molar-refractivity contribution in [2.75, 3.05) is 0 Å². The molecule has 0 radical (unpaired) electrons. The molecule has 1 heterocycles. The molecule has 1 aromatic carbocycles. The molecule has 1 aliphatic carbocycles. The molecule has 1 aromatic heterocycles. The van der Waals surface area contributed by atoms with E-state index in [1.165, 1.54) is 30.4 Å². The highest BCUT2D eigenvalue weighted by Gasteiger charge is 2.18. The number of hydrogen-bond donors (Lipinski definition) is 0. The van der Waals surface area contributed by atoms with Crippen LogP contribution in [0.3, 0.4) is 0 Å². The maximum atomic E-state index is 5.47. The van der Waals surface area contributed by atoms with Gasteiger partial charge in [-0.15, -0.1) is 10.2 Å². The van der Waals surface area contributed by atoms with Crippen LogP contribution in [0.15, 0.2) is 22.6 Å². The van der Waals surface area contributed by atoms with Gasteiger partial charge < -0.3 is 4.42 Å². The third-order valence-corrected chi connectivity index (χ3v) is 3.53. The average Bonchev–Trinajstić information content (AvgIpc) is 2.76. The molecule has 1 aliphatic rings. The second kappa shape index (κ2) is 3.99. The zero-order valence-electron chi connectivity index (χ0n) is 10.2. The molecule has 1 atom stereocenters. The molecular weight excluding hydrogens is 212 g/mol. The maximum Gasteiger partial charge on any atom is 0.247 e. The number of rotatable bonds is 1. The van der Waals surface area contributed by atoms with E-state index in [-0.39, 0.29) is 0 Å². The van der Waals surface area contributed by atoms with Crippen molar-refractivity contribution >= 4 is 0 Å². The second-order valence-corrected chi connectivity index (χ2v) is 4.83.